The fourth-order valence-electron chi connectivity index (χ4n) is 3.62. The lowest BCUT2D eigenvalue weighted by molar-refractivity contribution is -0.145. The number of ether oxygens (including phenoxy) is 3. The number of likely N-dealkylation sites (tertiary alicyclic amines) is 1. The van der Waals surface area contributed by atoms with Gasteiger partial charge in [-0.25, -0.2) is 4.79 Å². The van der Waals surface area contributed by atoms with Crippen LogP contribution in [0.15, 0.2) is 30.5 Å². The van der Waals surface area contributed by atoms with Crippen LogP contribution in [0.1, 0.15) is 33.7 Å². The van der Waals surface area contributed by atoms with Crippen molar-refractivity contribution in [3.05, 3.63) is 41.7 Å². The number of amides is 2. The van der Waals surface area contributed by atoms with Crippen molar-refractivity contribution in [2.75, 3.05) is 33.2 Å². The molecule has 2 amide bonds. The van der Waals surface area contributed by atoms with Crippen molar-refractivity contribution in [1.82, 2.24) is 9.47 Å². The third kappa shape index (κ3) is 3.96. The molecule has 2 heterocycles. The highest BCUT2D eigenvalue weighted by Gasteiger charge is 2.36. The van der Waals surface area contributed by atoms with Gasteiger partial charge < -0.3 is 29.0 Å². The summed E-state index contributed by atoms with van der Waals surface area (Å²) >= 11 is 0. The molecule has 160 valence electrons. The molecular formula is C21H25N3O6. The van der Waals surface area contributed by atoms with Crippen molar-refractivity contribution in [1.29, 1.82) is 0 Å². The first kappa shape index (κ1) is 21.2. The SMILES string of the molecule is COC(=O)[C@H]1CCCN1C(=O)c1cc(NC(=O)c2cccn2C)c(OC)c(OC)c1. The highest BCUT2D eigenvalue weighted by molar-refractivity contribution is 6.06. The van der Waals surface area contributed by atoms with E-state index in [0.717, 1.165) is 0 Å². The van der Waals surface area contributed by atoms with E-state index in [1.54, 1.807) is 29.9 Å². The number of nitrogens with zero attached hydrogens (tertiary/aromatic N) is 2. The van der Waals surface area contributed by atoms with E-state index in [-0.39, 0.29) is 17.4 Å². The smallest absolute Gasteiger partial charge is 0.328 e. The summed E-state index contributed by atoms with van der Waals surface area (Å²) in [6, 6.07) is 5.87. The molecule has 0 radical (unpaired) electrons. The van der Waals surface area contributed by atoms with Gasteiger partial charge in [0.2, 0.25) is 0 Å². The molecule has 1 aromatic heterocycles. The monoisotopic (exact) mass is 415 g/mol. The number of hydrogen-bond donors (Lipinski definition) is 1. The Morgan fingerprint density at radius 2 is 1.90 bits per heavy atom. The maximum atomic E-state index is 13.2. The Balaban J connectivity index is 1.97. The van der Waals surface area contributed by atoms with E-state index >= 15 is 0 Å². The molecular weight excluding hydrogens is 390 g/mol. The van der Waals surface area contributed by atoms with Crippen LogP contribution in [0.25, 0.3) is 0 Å². The summed E-state index contributed by atoms with van der Waals surface area (Å²) in [7, 11) is 5.96. The normalized spacial score (nSPS) is 15.6. The molecule has 0 spiro atoms. The van der Waals surface area contributed by atoms with Crippen LogP contribution in [0.3, 0.4) is 0 Å². The molecule has 0 saturated carbocycles. The highest BCUT2D eigenvalue weighted by atomic mass is 16.5. The summed E-state index contributed by atoms with van der Waals surface area (Å²) in [6.07, 6.45) is 3.01. The number of methoxy groups -OCH3 is 3. The van der Waals surface area contributed by atoms with Crippen molar-refractivity contribution >= 4 is 23.5 Å². The summed E-state index contributed by atoms with van der Waals surface area (Å²) < 4.78 is 17.3. The van der Waals surface area contributed by atoms with Gasteiger partial charge in [-0.05, 0) is 37.1 Å². The molecule has 0 bridgehead atoms. The highest BCUT2D eigenvalue weighted by Crippen LogP contribution is 2.37. The van der Waals surface area contributed by atoms with Crippen LogP contribution in [-0.2, 0) is 16.6 Å². The van der Waals surface area contributed by atoms with Gasteiger partial charge in [0.25, 0.3) is 11.8 Å². The molecule has 1 aliphatic heterocycles. The van der Waals surface area contributed by atoms with Gasteiger partial charge >= 0.3 is 5.97 Å². The Kier molecular flexibility index (Phi) is 6.29. The molecule has 3 rings (SSSR count). The van der Waals surface area contributed by atoms with E-state index in [9.17, 15) is 14.4 Å². The van der Waals surface area contributed by atoms with Gasteiger partial charge in [-0.2, -0.15) is 0 Å². The summed E-state index contributed by atoms with van der Waals surface area (Å²) in [5, 5.41) is 2.78. The minimum Gasteiger partial charge on any atom is -0.493 e. The summed E-state index contributed by atoms with van der Waals surface area (Å²) in [4.78, 5) is 39.4. The zero-order chi connectivity index (χ0) is 21.8. The topological polar surface area (TPSA) is 99.1 Å². The van der Waals surface area contributed by atoms with Gasteiger partial charge in [0, 0.05) is 25.4 Å². The molecule has 0 aliphatic carbocycles. The van der Waals surface area contributed by atoms with Gasteiger partial charge in [0.15, 0.2) is 11.5 Å². The minimum absolute atomic E-state index is 0.269. The lowest BCUT2D eigenvalue weighted by atomic mass is 10.1. The average molecular weight is 415 g/mol. The molecule has 0 unspecified atom stereocenters. The maximum Gasteiger partial charge on any atom is 0.328 e. The lowest BCUT2D eigenvalue weighted by Crippen LogP contribution is -2.41. The number of hydrogen-bond acceptors (Lipinski definition) is 6. The minimum atomic E-state index is -0.628. The number of aromatic nitrogens is 1. The van der Waals surface area contributed by atoms with Crippen molar-refractivity contribution in [3.63, 3.8) is 0 Å². The van der Waals surface area contributed by atoms with Gasteiger partial charge in [0.05, 0.1) is 27.0 Å². The predicted octanol–water partition coefficient (Wildman–Crippen LogP) is 2.07. The standard InChI is InChI=1S/C21H25N3O6/c1-23-9-5-7-15(23)19(25)22-14-11-13(12-17(28-2)18(14)29-3)20(26)24-10-6-8-16(24)21(27)30-4/h5,7,9,11-12,16H,6,8,10H2,1-4H3,(H,22,25)/t16-/m1/s1. The summed E-state index contributed by atoms with van der Waals surface area (Å²) in [5.41, 5.74) is 1.00. The van der Waals surface area contributed by atoms with Crippen molar-refractivity contribution in [3.8, 4) is 11.5 Å². The average Bonchev–Trinajstić information content (AvgIpc) is 3.41. The molecule has 1 saturated heterocycles. The Bertz CT molecular complexity index is 968. The Labute approximate surface area is 174 Å². The van der Waals surface area contributed by atoms with Crippen LogP contribution in [-0.4, -0.2) is 61.2 Å². The van der Waals surface area contributed by atoms with E-state index in [0.29, 0.717) is 42.3 Å². The fourth-order valence-corrected chi connectivity index (χ4v) is 3.62. The third-order valence-electron chi connectivity index (χ3n) is 5.14. The van der Waals surface area contributed by atoms with Crippen LogP contribution < -0.4 is 14.8 Å². The second kappa shape index (κ2) is 8.89. The number of anilines is 1. The van der Waals surface area contributed by atoms with Crippen LogP contribution in [0.4, 0.5) is 5.69 Å². The van der Waals surface area contributed by atoms with E-state index in [1.807, 2.05) is 0 Å². The number of carbonyl (C=O) groups is 3. The molecule has 1 aromatic carbocycles. The molecule has 2 aromatic rings. The number of nitrogens with one attached hydrogen (secondary N) is 1. The number of rotatable bonds is 6. The van der Waals surface area contributed by atoms with Gasteiger partial charge in [-0.3, -0.25) is 9.59 Å². The van der Waals surface area contributed by atoms with Crippen LogP contribution in [0.5, 0.6) is 11.5 Å². The number of aryl methyl sites for hydroxylation is 1. The summed E-state index contributed by atoms with van der Waals surface area (Å²) in [6.45, 7) is 0.442. The molecule has 9 nitrogen and oxygen atoms in total. The quantitative estimate of drug-likeness (QED) is 0.726. The Morgan fingerprint density at radius 1 is 1.13 bits per heavy atom. The van der Waals surface area contributed by atoms with Gasteiger partial charge in [-0.15, -0.1) is 0 Å². The van der Waals surface area contributed by atoms with Gasteiger partial charge in [0.1, 0.15) is 11.7 Å². The first-order valence-corrected chi connectivity index (χ1v) is 9.48. The van der Waals surface area contributed by atoms with E-state index in [2.05, 4.69) is 5.32 Å². The number of carbonyl (C=O) groups excluding carboxylic acids is 3. The number of benzene rings is 1. The summed E-state index contributed by atoms with van der Waals surface area (Å²) in [5.74, 6) is -0.570. The number of esters is 1. The molecule has 1 fully saturated rings. The largest absolute Gasteiger partial charge is 0.493 e. The van der Waals surface area contributed by atoms with E-state index < -0.39 is 12.0 Å². The van der Waals surface area contributed by atoms with Crippen LogP contribution >= 0.6 is 0 Å². The molecule has 30 heavy (non-hydrogen) atoms. The van der Waals surface area contributed by atoms with E-state index in [1.165, 1.54) is 38.4 Å². The Hall–Kier alpha value is -3.49. The second-order valence-corrected chi connectivity index (χ2v) is 6.90. The van der Waals surface area contributed by atoms with Crippen LogP contribution in [0.2, 0.25) is 0 Å². The molecule has 1 aliphatic rings. The first-order chi connectivity index (χ1) is 14.4. The zero-order valence-corrected chi connectivity index (χ0v) is 17.4. The fraction of sp³-hybridized carbons (Fsp3) is 0.381. The van der Waals surface area contributed by atoms with Gasteiger partial charge in [-0.1, -0.05) is 0 Å². The van der Waals surface area contributed by atoms with Crippen molar-refractivity contribution < 1.29 is 28.6 Å². The zero-order valence-electron chi connectivity index (χ0n) is 17.4. The molecule has 1 atom stereocenters. The molecule has 1 N–H and O–H groups in total. The molecule has 9 heteroatoms. The maximum absolute atomic E-state index is 13.2. The van der Waals surface area contributed by atoms with Crippen molar-refractivity contribution in [2.45, 2.75) is 18.9 Å². The van der Waals surface area contributed by atoms with E-state index in [4.69, 9.17) is 14.2 Å². The first-order valence-electron chi connectivity index (χ1n) is 9.48. The van der Waals surface area contributed by atoms with Crippen LogP contribution in [0, 0.1) is 0 Å². The second-order valence-electron chi connectivity index (χ2n) is 6.90. The Morgan fingerprint density at radius 3 is 2.50 bits per heavy atom. The third-order valence-corrected chi connectivity index (χ3v) is 5.14. The lowest BCUT2D eigenvalue weighted by Gasteiger charge is -2.24. The van der Waals surface area contributed by atoms with Crippen molar-refractivity contribution in [2.24, 2.45) is 7.05 Å². The predicted molar refractivity (Wildman–Crippen MR) is 109 cm³/mol.